The van der Waals surface area contributed by atoms with Crippen LogP contribution in [0.1, 0.15) is 18.4 Å². The molecule has 0 radical (unpaired) electrons. The maximum atomic E-state index is 6.33. The van der Waals surface area contributed by atoms with Gasteiger partial charge in [0.15, 0.2) is 0 Å². The molecular weight excluding hydrogens is 383 g/mol. The van der Waals surface area contributed by atoms with E-state index in [4.69, 9.17) is 11.6 Å². The van der Waals surface area contributed by atoms with E-state index < -0.39 is 0 Å². The maximum Gasteiger partial charge on any atom is 0.0444 e. The normalized spacial score (nSPS) is 11.8. The predicted molar refractivity (Wildman–Crippen MR) is 88.3 cm³/mol. The highest BCUT2D eigenvalue weighted by atomic mass is 79.9. The van der Waals surface area contributed by atoms with Gasteiger partial charge in [0.25, 0.3) is 0 Å². The summed E-state index contributed by atoms with van der Waals surface area (Å²) >= 11 is 15.6. The van der Waals surface area contributed by atoms with Crippen LogP contribution in [-0.4, -0.2) is 22.7 Å². The fraction of sp³-hybridized carbons (Fsp3) is 0.538. The molecule has 0 aliphatic rings. The van der Waals surface area contributed by atoms with Crippen molar-refractivity contribution in [3.05, 3.63) is 34.9 Å². The van der Waals surface area contributed by atoms with Crippen molar-refractivity contribution in [2.24, 2.45) is 0 Å². The molecule has 0 aliphatic carbocycles. The van der Waals surface area contributed by atoms with Crippen molar-refractivity contribution in [1.82, 2.24) is 0 Å². The number of thioether (sulfide) groups is 1. The number of alkyl halides is 2. The molecule has 0 aromatic heterocycles. The summed E-state index contributed by atoms with van der Waals surface area (Å²) in [7, 11) is 0. The van der Waals surface area contributed by atoms with Crippen LogP contribution in [-0.2, 0) is 5.41 Å². The van der Waals surface area contributed by atoms with Crippen molar-refractivity contribution in [2.45, 2.75) is 18.3 Å². The van der Waals surface area contributed by atoms with Crippen molar-refractivity contribution in [2.75, 3.05) is 22.7 Å². The van der Waals surface area contributed by atoms with Crippen molar-refractivity contribution >= 4 is 55.2 Å². The summed E-state index contributed by atoms with van der Waals surface area (Å²) in [5, 5.41) is 2.74. The van der Waals surface area contributed by atoms with Crippen LogP contribution >= 0.6 is 55.2 Å². The molecule has 4 heteroatoms. The van der Waals surface area contributed by atoms with Gasteiger partial charge in [-0.2, -0.15) is 11.8 Å². The molecule has 0 bridgehead atoms. The smallest absolute Gasteiger partial charge is 0.0444 e. The van der Waals surface area contributed by atoms with Gasteiger partial charge in [0.1, 0.15) is 0 Å². The SMILES string of the molecule is CSCCCC(CBr)(CBr)c1ccccc1Cl. The third-order valence-corrected chi connectivity index (χ3v) is 6.13. The lowest BCUT2D eigenvalue weighted by Crippen LogP contribution is -2.30. The lowest BCUT2D eigenvalue weighted by Gasteiger charge is -2.31. The quantitative estimate of drug-likeness (QED) is 0.429. The molecular formula is C13H17Br2ClS. The van der Waals surface area contributed by atoms with Gasteiger partial charge in [0.2, 0.25) is 0 Å². The van der Waals surface area contributed by atoms with Crippen LogP contribution in [0.5, 0.6) is 0 Å². The van der Waals surface area contributed by atoms with Gasteiger partial charge in [-0.05, 0) is 36.5 Å². The van der Waals surface area contributed by atoms with E-state index in [9.17, 15) is 0 Å². The second kappa shape index (κ2) is 8.08. The zero-order valence-corrected chi connectivity index (χ0v) is 14.6. The summed E-state index contributed by atoms with van der Waals surface area (Å²) in [6, 6.07) is 8.17. The number of rotatable bonds is 7. The summed E-state index contributed by atoms with van der Waals surface area (Å²) in [4.78, 5) is 0. The molecule has 1 aromatic carbocycles. The molecule has 96 valence electrons. The number of hydrogen-bond acceptors (Lipinski definition) is 1. The highest BCUT2D eigenvalue weighted by molar-refractivity contribution is 9.09. The summed E-state index contributed by atoms with van der Waals surface area (Å²) in [5.74, 6) is 1.20. The predicted octanol–water partition coefficient (Wildman–Crippen LogP) is 5.51. The lowest BCUT2D eigenvalue weighted by molar-refractivity contribution is 0.500. The minimum atomic E-state index is 0.105. The molecule has 0 nitrogen and oxygen atoms in total. The van der Waals surface area contributed by atoms with Crippen LogP contribution in [0.25, 0.3) is 0 Å². The fourth-order valence-electron chi connectivity index (χ4n) is 1.89. The molecule has 0 N–H and O–H groups in total. The van der Waals surface area contributed by atoms with Crippen molar-refractivity contribution in [1.29, 1.82) is 0 Å². The summed E-state index contributed by atoms with van der Waals surface area (Å²) in [6.45, 7) is 0. The molecule has 0 saturated carbocycles. The second-order valence-corrected chi connectivity index (χ2v) is 6.64. The van der Waals surface area contributed by atoms with Crippen LogP contribution in [0.3, 0.4) is 0 Å². The number of halogens is 3. The standard InChI is InChI=1S/C13H17Br2ClS/c1-17-8-4-7-13(9-14,10-15)11-5-2-3-6-12(11)16/h2-3,5-6H,4,7-10H2,1H3. The van der Waals surface area contributed by atoms with Crippen LogP contribution in [0.15, 0.2) is 24.3 Å². The van der Waals surface area contributed by atoms with Gasteiger partial charge in [-0.15, -0.1) is 0 Å². The van der Waals surface area contributed by atoms with Crippen LogP contribution < -0.4 is 0 Å². The molecule has 0 unspecified atom stereocenters. The van der Waals surface area contributed by atoms with Crippen LogP contribution in [0.4, 0.5) is 0 Å². The Bertz CT molecular complexity index is 340. The van der Waals surface area contributed by atoms with Gasteiger partial charge in [-0.1, -0.05) is 61.7 Å². The van der Waals surface area contributed by atoms with Gasteiger partial charge >= 0.3 is 0 Å². The largest absolute Gasteiger partial charge is 0.165 e. The zero-order chi connectivity index (χ0) is 12.7. The van der Waals surface area contributed by atoms with Gasteiger partial charge in [-0.25, -0.2) is 0 Å². The molecule has 17 heavy (non-hydrogen) atoms. The second-order valence-electron chi connectivity index (χ2n) is 4.12. The highest BCUT2D eigenvalue weighted by Crippen LogP contribution is 2.37. The number of benzene rings is 1. The minimum Gasteiger partial charge on any atom is -0.165 e. The van der Waals surface area contributed by atoms with E-state index in [-0.39, 0.29) is 5.41 Å². The van der Waals surface area contributed by atoms with Crippen molar-refractivity contribution in [3.63, 3.8) is 0 Å². The molecule has 0 heterocycles. The first-order chi connectivity index (χ1) is 8.20. The Morgan fingerprint density at radius 3 is 2.41 bits per heavy atom. The van der Waals surface area contributed by atoms with Gasteiger partial charge in [0, 0.05) is 21.1 Å². The Balaban J connectivity index is 2.94. The zero-order valence-electron chi connectivity index (χ0n) is 9.89. The molecule has 0 saturated heterocycles. The molecule has 1 rings (SSSR count). The van der Waals surface area contributed by atoms with Crippen LogP contribution in [0.2, 0.25) is 5.02 Å². The maximum absolute atomic E-state index is 6.33. The first kappa shape index (κ1) is 15.9. The van der Waals surface area contributed by atoms with Crippen molar-refractivity contribution < 1.29 is 0 Å². The van der Waals surface area contributed by atoms with Crippen molar-refractivity contribution in [3.8, 4) is 0 Å². The van der Waals surface area contributed by atoms with Gasteiger partial charge in [-0.3, -0.25) is 0 Å². The Morgan fingerprint density at radius 1 is 1.24 bits per heavy atom. The average molecular weight is 401 g/mol. The molecule has 0 amide bonds. The van der Waals surface area contributed by atoms with E-state index in [1.54, 1.807) is 0 Å². The molecule has 0 aliphatic heterocycles. The Morgan fingerprint density at radius 2 is 1.88 bits per heavy atom. The van der Waals surface area contributed by atoms with E-state index in [0.717, 1.165) is 22.1 Å². The summed E-state index contributed by atoms with van der Waals surface area (Å²) in [5.41, 5.74) is 1.35. The third-order valence-electron chi connectivity index (χ3n) is 2.96. The molecule has 0 spiro atoms. The third kappa shape index (κ3) is 4.15. The Hall–Kier alpha value is 0.820. The molecule has 1 aromatic rings. The summed E-state index contributed by atoms with van der Waals surface area (Å²) < 4.78 is 0. The Labute approximate surface area is 130 Å². The topological polar surface area (TPSA) is 0 Å². The highest BCUT2D eigenvalue weighted by Gasteiger charge is 2.31. The first-order valence-electron chi connectivity index (χ1n) is 5.56. The van der Waals surface area contributed by atoms with E-state index in [1.807, 2.05) is 23.9 Å². The van der Waals surface area contributed by atoms with E-state index in [2.05, 4.69) is 50.2 Å². The minimum absolute atomic E-state index is 0.105. The fourth-order valence-corrected chi connectivity index (χ4v) is 4.76. The van der Waals surface area contributed by atoms with Gasteiger partial charge in [0.05, 0.1) is 0 Å². The van der Waals surface area contributed by atoms with E-state index >= 15 is 0 Å². The van der Waals surface area contributed by atoms with E-state index in [1.165, 1.54) is 17.7 Å². The average Bonchev–Trinajstić information content (AvgIpc) is 2.36. The van der Waals surface area contributed by atoms with Gasteiger partial charge < -0.3 is 0 Å². The monoisotopic (exact) mass is 398 g/mol. The van der Waals surface area contributed by atoms with E-state index in [0.29, 0.717) is 0 Å². The molecule has 0 fully saturated rings. The first-order valence-corrected chi connectivity index (χ1v) is 9.57. The molecule has 0 atom stereocenters. The van der Waals surface area contributed by atoms with Crippen LogP contribution in [0, 0.1) is 0 Å². The summed E-state index contributed by atoms with van der Waals surface area (Å²) in [6.07, 6.45) is 4.51. The number of hydrogen-bond donors (Lipinski definition) is 0. The lowest BCUT2D eigenvalue weighted by atomic mass is 9.80. The Kier molecular flexibility index (Phi) is 7.55.